The third-order valence-corrected chi connectivity index (χ3v) is 8.01. The van der Waals surface area contributed by atoms with Crippen LogP contribution >= 0.6 is 7.75 Å². The second kappa shape index (κ2) is 9.63. The van der Waals surface area contributed by atoms with Gasteiger partial charge < -0.3 is 13.3 Å². The summed E-state index contributed by atoms with van der Waals surface area (Å²) >= 11 is 0. The molecular formula is C14H32NO6PSi. The highest BCUT2D eigenvalue weighted by molar-refractivity contribution is 7.51. The van der Waals surface area contributed by atoms with Gasteiger partial charge >= 0.3 is 16.6 Å². The third-order valence-electron chi connectivity index (χ3n) is 3.31. The number of nitrogens with one attached hydrogen (secondary N) is 1. The largest absolute Gasteiger partial charge is 0.500 e. The van der Waals surface area contributed by atoms with Gasteiger partial charge in [-0.3, -0.25) is 9.05 Å². The number of rotatable bonds is 11. The molecule has 1 fully saturated rings. The average molecular weight is 369 g/mol. The molecule has 7 nitrogen and oxygen atoms in total. The Bertz CT molecular complexity index is 364. The highest BCUT2D eigenvalue weighted by Crippen LogP contribution is 2.49. The molecule has 0 amide bonds. The number of hydrogen-bond donors (Lipinski definition) is 1. The molecule has 0 radical (unpaired) electrons. The van der Waals surface area contributed by atoms with Crippen LogP contribution in [0, 0.1) is 5.41 Å². The lowest BCUT2D eigenvalue weighted by atomic mass is 9.97. The Hall–Kier alpha value is 0.207. The first kappa shape index (κ1) is 21.2. The summed E-state index contributed by atoms with van der Waals surface area (Å²) in [5, 5.41) is 2.90. The van der Waals surface area contributed by atoms with E-state index in [-0.39, 0.29) is 5.41 Å². The molecule has 0 saturated carbocycles. The molecule has 0 aromatic carbocycles. The lowest BCUT2D eigenvalue weighted by Gasteiger charge is -2.34. The summed E-state index contributed by atoms with van der Waals surface area (Å²) < 4.78 is 40.5. The predicted molar refractivity (Wildman–Crippen MR) is 91.4 cm³/mol. The smallest absolute Gasteiger partial charge is 0.374 e. The van der Waals surface area contributed by atoms with Gasteiger partial charge in [-0.15, -0.1) is 0 Å². The lowest BCUT2D eigenvalue weighted by Crippen LogP contribution is -2.46. The van der Waals surface area contributed by atoms with Gasteiger partial charge in [0.25, 0.3) is 0 Å². The Kier molecular flexibility index (Phi) is 8.90. The molecule has 0 unspecified atom stereocenters. The zero-order valence-corrected chi connectivity index (χ0v) is 16.9. The summed E-state index contributed by atoms with van der Waals surface area (Å²) in [6, 6.07) is 0.668. The first-order valence-electron chi connectivity index (χ1n) is 8.36. The molecule has 0 aromatic heterocycles. The van der Waals surface area contributed by atoms with Crippen molar-refractivity contribution in [1.82, 2.24) is 5.09 Å². The van der Waals surface area contributed by atoms with Crippen molar-refractivity contribution < 1.29 is 26.9 Å². The van der Waals surface area contributed by atoms with E-state index in [0.717, 1.165) is 0 Å². The molecule has 1 saturated heterocycles. The van der Waals surface area contributed by atoms with Crippen LogP contribution in [0.25, 0.3) is 0 Å². The van der Waals surface area contributed by atoms with Gasteiger partial charge in [-0.2, -0.15) is 0 Å². The number of hydrogen-bond acceptors (Lipinski definition) is 6. The Morgan fingerprint density at radius 2 is 1.52 bits per heavy atom. The average Bonchev–Trinajstić information content (AvgIpc) is 2.49. The van der Waals surface area contributed by atoms with Crippen LogP contribution in [0.15, 0.2) is 0 Å². The van der Waals surface area contributed by atoms with Crippen molar-refractivity contribution in [1.29, 1.82) is 0 Å². The van der Waals surface area contributed by atoms with Crippen LogP contribution in [0.5, 0.6) is 0 Å². The van der Waals surface area contributed by atoms with Gasteiger partial charge in [-0.25, -0.2) is 9.65 Å². The van der Waals surface area contributed by atoms with Gasteiger partial charge in [-0.05, 0) is 27.2 Å². The molecule has 0 aromatic rings. The Morgan fingerprint density at radius 3 is 1.96 bits per heavy atom. The molecule has 138 valence electrons. The van der Waals surface area contributed by atoms with E-state index in [0.29, 0.717) is 52.0 Å². The molecule has 0 spiro atoms. The van der Waals surface area contributed by atoms with Crippen LogP contribution in [0.3, 0.4) is 0 Å². The fourth-order valence-electron chi connectivity index (χ4n) is 2.21. The molecule has 9 heteroatoms. The van der Waals surface area contributed by atoms with Crippen molar-refractivity contribution in [3.8, 4) is 0 Å². The summed E-state index contributed by atoms with van der Waals surface area (Å²) in [5.41, 5.74) is -0.101. The minimum atomic E-state index is -3.18. The molecule has 1 aliphatic heterocycles. The van der Waals surface area contributed by atoms with Gasteiger partial charge in [0, 0.05) is 37.8 Å². The molecule has 1 rings (SSSR count). The summed E-state index contributed by atoms with van der Waals surface area (Å²) in [4.78, 5) is 0. The van der Waals surface area contributed by atoms with Gasteiger partial charge in [0.05, 0.1) is 13.2 Å². The molecule has 1 aliphatic rings. The standard InChI is InChI=1S/C14H32NO6PSi/c1-6-19-23(20-7-2,21-8-3)11-9-10-15-22(16)17-12-14(4,5)13-18-22/h6-13H2,1-5H3,(H,15,16). The van der Waals surface area contributed by atoms with Crippen LogP contribution in [-0.2, 0) is 26.9 Å². The van der Waals surface area contributed by atoms with E-state index in [1.54, 1.807) is 0 Å². The first-order chi connectivity index (χ1) is 10.8. The van der Waals surface area contributed by atoms with Gasteiger partial charge in [0.2, 0.25) is 0 Å². The van der Waals surface area contributed by atoms with E-state index in [2.05, 4.69) is 5.09 Å². The van der Waals surface area contributed by atoms with Gasteiger partial charge in [-0.1, -0.05) is 13.8 Å². The lowest BCUT2D eigenvalue weighted by molar-refractivity contribution is 0.0370. The molecule has 1 N–H and O–H groups in total. The maximum atomic E-state index is 12.4. The minimum absolute atomic E-state index is 0.101. The molecule has 0 atom stereocenters. The fraction of sp³-hybridized carbons (Fsp3) is 1.00. The summed E-state index contributed by atoms with van der Waals surface area (Å²) in [7, 11) is -5.82. The normalized spacial score (nSPS) is 20.6. The van der Waals surface area contributed by atoms with Crippen LogP contribution in [0.2, 0.25) is 6.04 Å². The monoisotopic (exact) mass is 369 g/mol. The molecular weight excluding hydrogens is 337 g/mol. The van der Waals surface area contributed by atoms with Gasteiger partial charge in [0.15, 0.2) is 0 Å². The van der Waals surface area contributed by atoms with Crippen molar-refractivity contribution in [3.63, 3.8) is 0 Å². The fourth-order valence-corrected chi connectivity index (χ4v) is 6.55. The topological polar surface area (TPSA) is 75.3 Å². The Labute approximate surface area is 141 Å². The Morgan fingerprint density at radius 1 is 1.04 bits per heavy atom. The van der Waals surface area contributed by atoms with Crippen molar-refractivity contribution in [2.75, 3.05) is 39.6 Å². The van der Waals surface area contributed by atoms with Crippen molar-refractivity contribution in [2.45, 2.75) is 47.1 Å². The van der Waals surface area contributed by atoms with Crippen LogP contribution in [0.1, 0.15) is 41.0 Å². The second-order valence-corrected chi connectivity index (χ2v) is 10.8. The molecule has 0 aliphatic carbocycles. The zero-order chi connectivity index (χ0) is 17.4. The summed E-state index contributed by atoms with van der Waals surface area (Å²) in [5.74, 6) is 0. The van der Waals surface area contributed by atoms with Crippen molar-refractivity contribution in [3.05, 3.63) is 0 Å². The second-order valence-electron chi connectivity index (χ2n) is 6.20. The predicted octanol–water partition coefficient (Wildman–Crippen LogP) is 3.20. The first-order valence-corrected chi connectivity index (χ1v) is 11.8. The molecule has 0 bridgehead atoms. The third kappa shape index (κ3) is 7.32. The van der Waals surface area contributed by atoms with Crippen molar-refractivity contribution >= 4 is 16.6 Å². The van der Waals surface area contributed by atoms with E-state index in [9.17, 15) is 4.57 Å². The molecule has 1 heterocycles. The van der Waals surface area contributed by atoms with E-state index in [1.165, 1.54) is 0 Å². The van der Waals surface area contributed by atoms with Gasteiger partial charge in [0.1, 0.15) is 0 Å². The zero-order valence-electron chi connectivity index (χ0n) is 15.1. The van der Waals surface area contributed by atoms with Crippen LogP contribution < -0.4 is 5.09 Å². The quantitative estimate of drug-likeness (QED) is 0.340. The summed E-state index contributed by atoms with van der Waals surface area (Å²) in [6.07, 6.45) is 0.715. The van der Waals surface area contributed by atoms with E-state index >= 15 is 0 Å². The Balaban J connectivity index is 2.42. The maximum Gasteiger partial charge on any atom is 0.500 e. The van der Waals surface area contributed by atoms with E-state index in [1.807, 2.05) is 34.6 Å². The highest BCUT2D eigenvalue weighted by Gasteiger charge is 2.40. The SMILES string of the molecule is CCO[Si](CCCNP1(=O)OCC(C)(C)CO1)(OCC)OCC. The van der Waals surface area contributed by atoms with Crippen LogP contribution in [-0.4, -0.2) is 48.4 Å². The van der Waals surface area contributed by atoms with E-state index < -0.39 is 16.6 Å². The van der Waals surface area contributed by atoms with E-state index in [4.69, 9.17) is 22.3 Å². The molecule has 23 heavy (non-hydrogen) atoms. The van der Waals surface area contributed by atoms with Crippen molar-refractivity contribution in [2.24, 2.45) is 5.41 Å². The minimum Gasteiger partial charge on any atom is -0.374 e. The maximum absolute atomic E-state index is 12.4. The summed E-state index contributed by atoms with van der Waals surface area (Å²) in [6.45, 7) is 12.8. The highest BCUT2D eigenvalue weighted by atomic mass is 31.2. The van der Waals surface area contributed by atoms with Crippen LogP contribution in [0.4, 0.5) is 0 Å².